The van der Waals surface area contributed by atoms with E-state index in [0.717, 1.165) is 11.3 Å². The molecule has 4 heteroatoms. The molecule has 1 N–H and O–H groups in total. The Morgan fingerprint density at radius 1 is 1.56 bits per heavy atom. The van der Waals surface area contributed by atoms with Crippen LogP contribution in [0.15, 0.2) is 18.2 Å². The van der Waals surface area contributed by atoms with Gasteiger partial charge in [0, 0.05) is 10.7 Å². The fourth-order valence-corrected chi connectivity index (χ4v) is 2.69. The van der Waals surface area contributed by atoms with E-state index < -0.39 is 5.41 Å². The van der Waals surface area contributed by atoms with Gasteiger partial charge in [0.2, 0.25) is 5.91 Å². The maximum Gasteiger partial charge on any atom is 0.244 e. The van der Waals surface area contributed by atoms with Crippen LogP contribution in [0.2, 0.25) is 5.02 Å². The zero-order valence-corrected chi connectivity index (χ0v) is 11.2. The molecule has 1 saturated carbocycles. The summed E-state index contributed by atoms with van der Waals surface area (Å²) in [6, 6.07) is 7.44. The van der Waals surface area contributed by atoms with Crippen molar-refractivity contribution in [3.63, 3.8) is 0 Å². The third-order valence-corrected chi connectivity index (χ3v) is 3.71. The number of nitriles is 1. The van der Waals surface area contributed by atoms with Crippen molar-refractivity contribution in [1.82, 2.24) is 0 Å². The molecule has 2 rings (SSSR count). The second-order valence-corrected chi connectivity index (χ2v) is 5.56. The van der Waals surface area contributed by atoms with Crippen LogP contribution >= 0.6 is 11.6 Å². The number of anilines is 1. The van der Waals surface area contributed by atoms with Gasteiger partial charge in [-0.15, -0.1) is 0 Å². The highest BCUT2D eigenvalue weighted by Gasteiger charge is 2.48. The zero-order valence-electron chi connectivity index (χ0n) is 10.5. The molecule has 0 aromatic heterocycles. The maximum absolute atomic E-state index is 12.2. The van der Waals surface area contributed by atoms with E-state index in [9.17, 15) is 10.1 Å². The summed E-state index contributed by atoms with van der Waals surface area (Å²) in [5.74, 6) is 0.246. The van der Waals surface area contributed by atoms with E-state index in [2.05, 4.69) is 18.3 Å². The second kappa shape index (κ2) is 4.62. The van der Waals surface area contributed by atoms with Crippen LogP contribution in [0.4, 0.5) is 5.69 Å². The Balaban J connectivity index is 2.15. The molecule has 1 aliphatic carbocycles. The Labute approximate surface area is 112 Å². The number of nitrogens with one attached hydrogen (secondary N) is 1. The number of carbonyl (C=O) groups excluding carboxylic acids is 1. The Morgan fingerprint density at radius 3 is 2.72 bits per heavy atom. The van der Waals surface area contributed by atoms with Gasteiger partial charge in [0.15, 0.2) is 0 Å². The predicted molar refractivity (Wildman–Crippen MR) is 71.3 cm³/mol. The quantitative estimate of drug-likeness (QED) is 0.886. The summed E-state index contributed by atoms with van der Waals surface area (Å²) in [5, 5.41) is 12.7. The lowest BCUT2D eigenvalue weighted by molar-refractivity contribution is -0.128. The molecule has 0 radical (unpaired) electrons. The van der Waals surface area contributed by atoms with Crippen LogP contribution in [0.3, 0.4) is 0 Å². The molecule has 1 amide bonds. The van der Waals surface area contributed by atoms with Crippen LogP contribution in [0, 0.1) is 29.6 Å². The minimum Gasteiger partial charge on any atom is -0.324 e. The number of aryl methyl sites for hydroxylation is 1. The topological polar surface area (TPSA) is 52.9 Å². The third kappa shape index (κ3) is 2.21. The molecule has 0 heterocycles. The Bertz CT molecular complexity index is 527. The van der Waals surface area contributed by atoms with Gasteiger partial charge in [-0.25, -0.2) is 0 Å². The van der Waals surface area contributed by atoms with E-state index in [1.807, 2.05) is 6.92 Å². The minimum atomic E-state index is -0.842. The average Bonchev–Trinajstić information content (AvgIpc) is 2.28. The van der Waals surface area contributed by atoms with Crippen LogP contribution in [0.1, 0.15) is 25.3 Å². The highest BCUT2D eigenvalue weighted by Crippen LogP contribution is 2.45. The highest BCUT2D eigenvalue weighted by atomic mass is 35.5. The van der Waals surface area contributed by atoms with Gasteiger partial charge in [0.05, 0.1) is 6.07 Å². The van der Waals surface area contributed by atoms with Crippen molar-refractivity contribution in [3.8, 4) is 6.07 Å². The predicted octanol–water partition coefficient (Wildman–Crippen LogP) is 3.53. The lowest BCUT2D eigenvalue weighted by Crippen LogP contribution is -2.45. The Kier molecular flexibility index (Phi) is 3.32. The molecule has 94 valence electrons. The van der Waals surface area contributed by atoms with Gasteiger partial charge in [-0.1, -0.05) is 18.5 Å². The molecule has 3 nitrogen and oxygen atoms in total. The van der Waals surface area contributed by atoms with Gasteiger partial charge in [-0.2, -0.15) is 5.26 Å². The minimum absolute atomic E-state index is 0.200. The second-order valence-electron chi connectivity index (χ2n) is 5.12. The Morgan fingerprint density at radius 2 is 2.22 bits per heavy atom. The number of carbonyl (C=O) groups is 1. The molecular formula is C14H15ClN2O. The molecule has 1 aliphatic rings. The van der Waals surface area contributed by atoms with Crippen molar-refractivity contribution in [2.24, 2.45) is 11.3 Å². The van der Waals surface area contributed by atoms with E-state index in [1.165, 1.54) is 0 Å². The molecule has 0 atom stereocenters. The smallest absolute Gasteiger partial charge is 0.244 e. The van der Waals surface area contributed by atoms with E-state index >= 15 is 0 Å². The molecule has 1 aromatic carbocycles. The normalized spacial score (nSPS) is 26.0. The third-order valence-electron chi connectivity index (χ3n) is 3.48. The van der Waals surface area contributed by atoms with Crippen LogP contribution in [-0.4, -0.2) is 5.91 Å². The van der Waals surface area contributed by atoms with E-state index in [4.69, 9.17) is 11.6 Å². The fourth-order valence-electron chi connectivity index (χ4n) is 2.47. The maximum atomic E-state index is 12.2. The summed E-state index contributed by atoms with van der Waals surface area (Å²) in [7, 11) is 0. The Hall–Kier alpha value is -1.53. The number of rotatable bonds is 2. The molecule has 0 bridgehead atoms. The summed E-state index contributed by atoms with van der Waals surface area (Å²) in [6.07, 6.45) is 1.28. The van der Waals surface area contributed by atoms with Crippen molar-refractivity contribution in [1.29, 1.82) is 5.26 Å². The number of halogens is 1. The van der Waals surface area contributed by atoms with Crippen molar-refractivity contribution in [2.45, 2.75) is 26.7 Å². The molecule has 1 fully saturated rings. The fraction of sp³-hybridized carbons (Fsp3) is 0.429. The highest BCUT2D eigenvalue weighted by molar-refractivity contribution is 6.30. The summed E-state index contributed by atoms with van der Waals surface area (Å²) < 4.78 is 0. The van der Waals surface area contributed by atoms with Gasteiger partial charge in [0.1, 0.15) is 5.41 Å². The first-order chi connectivity index (χ1) is 8.47. The molecule has 18 heavy (non-hydrogen) atoms. The van der Waals surface area contributed by atoms with Crippen LogP contribution in [-0.2, 0) is 4.79 Å². The summed E-state index contributed by atoms with van der Waals surface area (Å²) in [4.78, 5) is 12.2. The largest absolute Gasteiger partial charge is 0.324 e. The van der Waals surface area contributed by atoms with Gasteiger partial charge < -0.3 is 5.32 Å². The van der Waals surface area contributed by atoms with Crippen molar-refractivity contribution < 1.29 is 4.79 Å². The summed E-state index contributed by atoms with van der Waals surface area (Å²) in [5.41, 5.74) is 0.778. The number of benzene rings is 1. The molecule has 1 aromatic rings. The zero-order chi connectivity index (χ0) is 13.3. The van der Waals surface area contributed by atoms with E-state index in [-0.39, 0.29) is 5.91 Å². The SMILES string of the molecule is Cc1cc(Cl)ccc1NC(=O)C1(C#N)CC(C)C1. The van der Waals surface area contributed by atoms with Gasteiger partial charge >= 0.3 is 0 Å². The van der Waals surface area contributed by atoms with Gasteiger partial charge in [-0.05, 0) is 49.4 Å². The lowest BCUT2D eigenvalue weighted by Gasteiger charge is -2.39. The van der Waals surface area contributed by atoms with Crippen LogP contribution < -0.4 is 5.32 Å². The first-order valence-electron chi connectivity index (χ1n) is 5.96. The number of nitrogens with zero attached hydrogens (tertiary/aromatic N) is 1. The summed E-state index contributed by atoms with van der Waals surface area (Å²) >= 11 is 5.86. The number of amides is 1. The van der Waals surface area contributed by atoms with Gasteiger partial charge in [-0.3, -0.25) is 4.79 Å². The first-order valence-corrected chi connectivity index (χ1v) is 6.33. The van der Waals surface area contributed by atoms with Crippen molar-refractivity contribution >= 4 is 23.2 Å². The summed E-state index contributed by atoms with van der Waals surface area (Å²) in [6.45, 7) is 3.93. The van der Waals surface area contributed by atoms with Crippen LogP contribution in [0.25, 0.3) is 0 Å². The molecule has 0 unspecified atom stereocenters. The van der Waals surface area contributed by atoms with E-state index in [1.54, 1.807) is 18.2 Å². The average molecular weight is 263 g/mol. The molecule has 0 spiro atoms. The lowest BCUT2D eigenvalue weighted by atomic mass is 9.63. The first kappa shape index (κ1) is 12.9. The standard InChI is InChI=1S/C14H15ClN2O/c1-9-6-14(7-9,8-16)13(18)17-12-4-3-11(15)5-10(12)2/h3-5,9H,6-7H2,1-2H3,(H,17,18). The van der Waals surface area contributed by atoms with Crippen molar-refractivity contribution in [3.05, 3.63) is 28.8 Å². The number of hydrogen-bond acceptors (Lipinski definition) is 2. The monoisotopic (exact) mass is 262 g/mol. The molecule has 0 aliphatic heterocycles. The molecule has 0 saturated heterocycles. The van der Waals surface area contributed by atoms with Crippen LogP contribution in [0.5, 0.6) is 0 Å². The van der Waals surface area contributed by atoms with Gasteiger partial charge in [0.25, 0.3) is 0 Å². The van der Waals surface area contributed by atoms with Crippen molar-refractivity contribution in [2.75, 3.05) is 5.32 Å². The number of hydrogen-bond donors (Lipinski definition) is 1. The van der Waals surface area contributed by atoms with E-state index in [0.29, 0.717) is 23.8 Å². The molecular weight excluding hydrogens is 248 g/mol.